The first-order valence-corrected chi connectivity index (χ1v) is 13.1. The largest absolute Gasteiger partial charge is 0.352 e. The van der Waals surface area contributed by atoms with Gasteiger partial charge in [0.05, 0.1) is 10.6 Å². The molecule has 0 aliphatic carbocycles. The van der Waals surface area contributed by atoms with E-state index in [9.17, 15) is 26.8 Å². The topological polar surface area (TPSA) is 86.8 Å². The summed E-state index contributed by atoms with van der Waals surface area (Å²) in [5.41, 5.74) is 0.785. The van der Waals surface area contributed by atoms with Crippen molar-refractivity contribution in [2.75, 3.05) is 10.8 Å². The van der Waals surface area contributed by atoms with Crippen molar-refractivity contribution in [3.05, 3.63) is 96.1 Å². The minimum Gasteiger partial charge on any atom is -0.352 e. The second-order valence-corrected chi connectivity index (χ2v) is 10.7. The molecule has 0 heterocycles. The van der Waals surface area contributed by atoms with Crippen LogP contribution in [0.4, 0.5) is 14.5 Å². The number of hydrogen-bond acceptors (Lipinski definition) is 4. The molecule has 0 aliphatic heterocycles. The van der Waals surface area contributed by atoms with E-state index in [1.54, 1.807) is 39.0 Å². The van der Waals surface area contributed by atoms with Gasteiger partial charge in [-0.05, 0) is 74.9 Å². The molecular weight excluding hydrogens is 500 g/mol. The van der Waals surface area contributed by atoms with Crippen molar-refractivity contribution in [2.24, 2.45) is 0 Å². The third kappa shape index (κ3) is 7.13. The van der Waals surface area contributed by atoms with Crippen molar-refractivity contribution in [3.8, 4) is 0 Å². The number of carbonyl (C=O) groups is 2. The molecule has 10 heteroatoms. The smallest absolute Gasteiger partial charge is 0.264 e. The van der Waals surface area contributed by atoms with Crippen LogP contribution in [0.1, 0.15) is 26.3 Å². The van der Waals surface area contributed by atoms with Gasteiger partial charge in [-0.3, -0.25) is 13.9 Å². The maximum atomic E-state index is 13.7. The highest BCUT2D eigenvalue weighted by atomic mass is 32.2. The summed E-state index contributed by atoms with van der Waals surface area (Å²) in [6.07, 6.45) is 0. The van der Waals surface area contributed by atoms with Gasteiger partial charge in [-0.2, -0.15) is 0 Å². The standard InChI is InChI=1S/C27H29F2N3O4S/c1-19(2)30-27(34)20(3)31(17-21-9-11-22(28)12-10-21)26(33)18-32(24-7-5-4-6-8-24)37(35,36)25-15-13-23(29)14-16-25/h4-16,19-20H,17-18H2,1-3H3,(H,30,34). The molecule has 1 unspecified atom stereocenters. The van der Waals surface area contributed by atoms with Gasteiger partial charge in [-0.15, -0.1) is 0 Å². The van der Waals surface area contributed by atoms with E-state index in [1.165, 1.54) is 41.3 Å². The maximum absolute atomic E-state index is 13.7. The fourth-order valence-electron chi connectivity index (χ4n) is 3.63. The number of anilines is 1. The molecule has 1 atom stereocenters. The van der Waals surface area contributed by atoms with Gasteiger partial charge >= 0.3 is 0 Å². The van der Waals surface area contributed by atoms with Gasteiger partial charge in [0, 0.05) is 12.6 Å². The van der Waals surface area contributed by atoms with Crippen molar-refractivity contribution in [3.63, 3.8) is 0 Å². The van der Waals surface area contributed by atoms with Gasteiger partial charge in [0.15, 0.2) is 0 Å². The van der Waals surface area contributed by atoms with E-state index in [2.05, 4.69) is 5.32 Å². The molecule has 0 saturated heterocycles. The van der Waals surface area contributed by atoms with Crippen LogP contribution >= 0.6 is 0 Å². The lowest BCUT2D eigenvalue weighted by Gasteiger charge is -2.32. The van der Waals surface area contributed by atoms with E-state index < -0.39 is 46.1 Å². The van der Waals surface area contributed by atoms with Gasteiger partial charge in [0.1, 0.15) is 24.2 Å². The Balaban J connectivity index is 1.99. The summed E-state index contributed by atoms with van der Waals surface area (Å²) in [5.74, 6) is -2.12. The van der Waals surface area contributed by atoms with Crippen LogP contribution in [0, 0.1) is 11.6 Å². The Morgan fingerprint density at radius 1 is 0.838 bits per heavy atom. The number of sulfonamides is 1. The first kappa shape index (κ1) is 27.8. The number of benzene rings is 3. The summed E-state index contributed by atoms with van der Waals surface area (Å²) < 4.78 is 55.0. The van der Waals surface area contributed by atoms with Crippen molar-refractivity contribution < 1.29 is 26.8 Å². The molecular formula is C27H29F2N3O4S. The lowest BCUT2D eigenvalue weighted by Crippen LogP contribution is -2.52. The quantitative estimate of drug-likeness (QED) is 0.429. The molecule has 7 nitrogen and oxygen atoms in total. The fourth-order valence-corrected chi connectivity index (χ4v) is 5.05. The van der Waals surface area contributed by atoms with Gasteiger partial charge in [0.2, 0.25) is 11.8 Å². The average Bonchev–Trinajstić information content (AvgIpc) is 2.86. The number of para-hydroxylation sites is 1. The molecule has 1 N–H and O–H groups in total. The minimum absolute atomic E-state index is 0.0506. The Morgan fingerprint density at radius 2 is 1.38 bits per heavy atom. The third-order valence-corrected chi connectivity index (χ3v) is 7.38. The molecule has 0 radical (unpaired) electrons. The lowest BCUT2D eigenvalue weighted by molar-refractivity contribution is -0.139. The predicted octanol–water partition coefficient (Wildman–Crippen LogP) is 4.10. The van der Waals surface area contributed by atoms with E-state index in [0.29, 0.717) is 5.56 Å². The Bertz CT molecular complexity index is 1320. The molecule has 2 amide bonds. The normalized spacial score (nSPS) is 12.2. The first-order chi connectivity index (χ1) is 17.5. The predicted molar refractivity (Wildman–Crippen MR) is 137 cm³/mol. The van der Waals surface area contributed by atoms with Crippen LogP contribution < -0.4 is 9.62 Å². The molecule has 196 valence electrons. The van der Waals surface area contributed by atoms with Crippen LogP contribution in [-0.2, 0) is 26.2 Å². The molecule has 3 rings (SSSR count). The van der Waals surface area contributed by atoms with Crippen LogP contribution in [0.25, 0.3) is 0 Å². The number of nitrogens with one attached hydrogen (secondary N) is 1. The molecule has 0 aromatic heterocycles. The van der Waals surface area contributed by atoms with Crippen LogP contribution in [-0.4, -0.2) is 43.8 Å². The fraction of sp³-hybridized carbons (Fsp3) is 0.259. The number of hydrogen-bond donors (Lipinski definition) is 1. The summed E-state index contributed by atoms with van der Waals surface area (Å²) in [4.78, 5) is 27.5. The summed E-state index contributed by atoms with van der Waals surface area (Å²) in [5, 5.41) is 2.76. The molecule has 0 fully saturated rings. The Morgan fingerprint density at radius 3 is 1.92 bits per heavy atom. The van der Waals surface area contributed by atoms with E-state index in [1.807, 2.05) is 0 Å². The number of nitrogens with zero attached hydrogens (tertiary/aromatic N) is 2. The maximum Gasteiger partial charge on any atom is 0.264 e. The second kappa shape index (κ2) is 12.0. The highest BCUT2D eigenvalue weighted by Gasteiger charge is 2.32. The van der Waals surface area contributed by atoms with Crippen LogP contribution in [0.5, 0.6) is 0 Å². The molecule has 3 aromatic carbocycles. The zero-order valence-corrected chi connectivity index (χ0v) is 21.6. The minimum atomic E-state index is -4.27. The van der Waals surface area contributed by atoms with E-state index in [-0.39, 0.29) is 23.2 Å². The number of rotatable bonds is 10. The summed E-state index contributed by atoms with van der Waals surface area (Å²) >= 11 is 0. The van der Waals surface area contributed by atoms with Crippen LogP contribution in [0.15, 0.2) is 83.8 Å². The van der Waals surface area contributed by atoms with Crippen molar-refractivity contribution >= 4 is 27.5 Å². The van der Waals surface area contributed by atoms with E-state index >= 15 is 0 Å². The van der Waals surface area contributed by atoms with Crippen molar-refractivity contribution in [1.82, 2.24) is 10.2 Å². The van der Waals surface area contributed by atoms with Crippen molar-refractivity contribution in [1.29, 1.82) is 0 Å². The van der Waals surface area contributed by atoms with E-state index in [4.69, 9.17) is 0 Å². The van der Waals surface area contributed by atoms with Gasteiger partial charge in [-0.25, -0.2) is 17.2 Å². The van der Waals surface area contributed by atoms with E-state index in [0.717, 1.165) is 28.6 Å². The monoisotopic (exact) mass is 529 g/mol. The molecule has 3 aromatic rings. The van der Waals surface area contributed by atoms with Crippen LogP contribution in [0.2, 0.25) is 0 Å². The molecule has 0 aliphatic rings. The Hall–Kier alpha value is -3.79. The van der Waals surface area contributed by atoms with Crippen LogP contribution in [0.3, 0.4) is 0 Å². The van der Waals surface area contributed by atoms with Crippen molar-refractivity contribution in [2.45, 2.75) is 44.3 Å². The van der Waals surface area contributed by atoms with Gasteiger partial charge < -0.3 is 10.2 Å². The zero-order valence-electron chi connectivity index (χ0n) is 20.8. The number of carbonyl (C=O) groups excluding carboxylic acids is 2. The van der Waals surface area contributed by atoms with Gasteiger partial charge in [-0.1, -0.05) is 30.3 Å². The second-order valence-electron chi connectivity index (χ2n) is 8.79. The summed E-state index contributed by atoms with van der Waals surface area (Å²) in [6, 6.07) is 16.7. The first-order valence-electron chi connectivity index (χ1n) is 11.7. The highest BCUT2D eigenvalue weighted by Crippen LogP contribution is 2.24. The van der Waals surface area contributed by atoms with Gasteiger partial charge in [0.25, 0.3) is 10.0 Å². The molecule has 0 bridgehead atoms. The summed E-state index contributed by atoms with van der Waals surface area (Å²) in [6.45, 7) is 4.43. The average molecular weight is 530 g/mol. The molecule has 0 saturated carbocycles. The summed E-state index contributed by atoms with van der Waals surface area (Å²) in [7, 11) is -4.27. The zero-order chi connectivity index (χ0) is 27.2. The number of amides is 2. The molecule has 0 spiro atoms. The Labute approximate surface area is 215 Å². The highest BCUT2D eigenvalue weighted by molar-refractivity contribution is 7.92. The number of halogens is 2. The molecule has 37 heavy (non-hydrogen) atoms. The third-order valence-electron chi connectivity index (χ3n) is 5.59. The SMILES string of the molecule is CC(C)NC(=O)C(C)N(Cc1ccc(F)cc1)C(=O)CN(c1ccccc1)S(=O)(=O)c1ccc(F)cc1. The lowest BCUT2D eigenvalue weighted by atomic mass is 10.1. The Kier molecular flexibility index (Phi) is 8.99.